The van der Waals surface area contributed by atoms with Crippen LogP contribution in [0.25, 0.3) is 22.4 Å². The number of hydrogen-bond acceptors (Lipinski definition) is 1. The fraction of sp³-hybridized carbons (Fsp3) is 0.0690. The number of nitrogens with zero attached hydrogens (tertiary/aromatic N) is 1. The van der Waals surface area contributed by atoms with Crippen LogP contribution in [-0.2, 0) is 0 Å². The molecule has 0 unspecified atom stereocenters. The minimum Gasteiger partial charge on any atom is -0.264 e. The lowest BCUT2D eigenvalue weighted by molar-refractivity contribution is 1.49. The minimum atomic E-state index is 0.788. The lowest BCUT2D eigenvalue weighted by Crippen LogP contribution is -1.87. The summed E-state index contributed by atoms with van der Waals surface area (Å²) in [6.45, 7) is 19.7. The van der Waals surface area contributed by atoms with Crippen LogP contribution in [0.5, 0.6) is 0 Å². The molecule has 0 aromatic heterocycles. The molecule has 2 aromatic carbocycles. The Morgan fingerprint density at radius 2 is 1.27 bits per heavy atom. The Balaban J connectivity index is 2.28. The summed E-state index contributed by atoms with van der Waals surface area (Å²) in [7, 11) is 0. The van der Waals surface area contributed by atoms with Gasteiger partial charge in [0.25, 0.3) is 0 Å². The third-order valence-corrected chi connectivity index (χ3v) is 4.80. The molecule has 0 bridgehead atoms. The van der Waals surface area contributed by atoms with E-state index in [9.17, 15) is 0 Å². The second kappa shape index (κ2) is 11.3. The lowest BCUT2D eigenvalue weighted by atomic mass is 9.98. The van der Waals surface area contributed by atoms with Gasteiger partial charge in [0.2, 0.25) is 0 Å². The number of hydrogen-bond donors (Lipinski definition) is 0. The molecular formula is C29H29N. The van der Waals surface area contributed by atoms with E-state index in [0.29, 0.717) is 0 Å². The van der Waals surface area contributed by atoms with Gasteiger partial charge in [-0.1, -0.05) is 105 Å². The maximum Gasteiger partial charge on any atom is 0.0700 e. The summed E-state index contributed by atoms with van der Waals surface area (Å²) >= 11 is 0. The van der Waals surface area contributed by atoms with Crippen LogP contribution in [0, 0.1) is 0 Å². The Morgan fingerprint density at radius 1 is 0.767 bits per heavy atom. The Morgan fingerprint density at radius 3 is 1.73 bits per heavy atom. The van der Waals surface area contributed by atoms with Gasteiger partial charge in [0.1, 0.15) is 0 Å². The Labute approximate surface area is 181 Å². The molecule has 0 heterocycles. The van der Waals surface area contributed by atoms with Gasteiger partial charge in [-0.25, -0.2) is 0 Å². The zero-order valence-electron chi connectivity index (χ0n) is 17.9. The molecule has 2 aromatic rings. The van der Waals surface area contributed by atoms with Gasteiger partial charge < -0.3 is 0 Å². The molecule has 0 spiro atoms. The highest BCUT2D eigenvalue weighted by Crippen LogP contribution is 2.25. The van der Waals surface area contributed by atoms with Crippen molar-refractivity contribution in [1.29, 1.82) is 0 Å². The van der Waals surface area contributed by atoms with Crippen molar-refractivity contribution in [2.45, 2.75) is 13.8 Å². The molecule has 1 heteroatoms. The van der Waals surface area contributed by atoms with Crippen molar-refractivity contribution < 1.29 is 0 Å². The van der Waals surface area contributed by atoms with Gasteiger partial charge in [0.05, 0.1) is 5.70 Å². The van der Waals surface area contributed by atoms with Crippen LogP contribution in [0.3, 0.4) is 0 Å². The molecule has 30 heavy (non-hydrogen) atoms. The Hall–Kier alpha value is -3.71. The molecule has 0 saturated carbocycles. The molecule has 0 saturated heterocycles. The van der Waals surface area contributed by atoms with E-state index in [1.165, 1.54) is 0 Å². The summed E-state index contributed by atoms with van der Waals surface area (Å²) in [5.41, 5.74) is 8.12. The average Bonchev–Trinajstić information content (AvgIpc) is 2.79. The predicted octanol–water partition coefficient (Wildman–Crippen LogP) is 8.18. The highest BCUT2D eigenvalue weighted by Gasteiger charge is 2.04. The predicted molar refractivity (Wildman–Crippen MR) is 136 cm³/mol. The van der Waals surface area contributed by atoms with E-state index in [4.69, 9.17) is 0 Å². The van der Waals surface area contributed by atoms with Gasteiger partial charge in [-0.05, 0) is 60.1 Å². The summed E-state index contributed by atoms with van der Waals surface area (Å²) in [4.78, 5) is 4.22. The lowest BCUT2D eigenvalue weighted by Gasteiger charge is -2.08. The van der Waals surface area contributed by atoms with E-state index in [1.54, 1.807) is 0 Å². The summed E-state index contributed by atoms with van der Waals surface area (Å²) in [5, 5.41) is 0. The maximum absolute atomic E-state index is 4.22. The van der Waals surface area contributed by atoms with Gasteiger partial charge in [0.15, 0.2) is 0 Å². The molecule has 0 aliphatic heterocycles. The van der Waals surface area contributed by atoms with Crippen molar-refractivity contribution in [2.75, 3.05) is 0 Å². The van der Waals surface area contributed by atoms with Crippen LogP contribution in [0.4, 0.5) is 0 Å². The second-order valence-corrected chi connectivity index (χ2v) is 6.67. The Kier molecular flexibility index (Phi) is 8.53. The third-order valence-electron chi connectivity index (χ3n) is 4.80. The standard InChI is InChI=1S/C29H29N/c1-7-11-12-24(10-4)27-15-13-25(14-16-27)22(5)21-29(30-6)28-19-17-26(18-20-28)23(8-2)9-3/h7-21H,2,4-6H2,1,3H3/b11-7-,23-9+,24-12+,29-21-. The highest BCUT2D eigenvalue weighted by molar-refractivity contribution is 5.85. The number of aliphatic imine (C=N–C) groups is 1. The van der Waals surface area contributed by atoms with Crippen LogP contribution >= 0.6 is 0 Å². The largest absolute Gasteiger partial charge is 0.264 e. The first-order chi connectivity index (χ1) is 14.6. The fourth-order valence-corrected chi connectivity index (χ4v) is 3.06. The third kappa shape index (κ3) is 5.65. The molecule has 0 fully saturated rings. The van der Waals surface area contributed by atoms with Crippen molar-refractivity contribution in [3.05, 3.63) is 133 Å². The average molecular weight is 392 g/mol. The van der Waals surface area contributed by atoms with E-state index in [2.05, 4.69) is 67.8 Å². The van der Waals surface area contributed by atoms with E-state index in [-0.39, 0.29) is 0 Å². The number of rotatable bonds is 9. The quantitative estimate of drug-likeness (QED) is 0.302. The van der Waals surface area contributed by atoms with Crippen molar-refractivity contribution >= 4 is 29.1 Å². The van der Waals surface area contributed by atoms with E-state index < -0.39 is 0 Å². The van der Waals surface area contributed by atoms with Gasteiger partial charge in [-0.3, -0.25) is 4.99 Å². The summed E-state index contributed by atoms with van der Waals surface area (Å²) in [5.74, 6) is 0. The molecule has 0 aliphatic carbocycles. The maximum atomic E-state index is 4.22. The van der Waals surface area contributed by atoms with Crippen LogP contribution in [-0.4, -0.2) is 6.72 Å². The zero-order valence-corrected chi connectivity index (χ0v) is 17.9. The van der Waals surface area contributed by atoms with Gasteiger partial charge in [-0.15, -0.1) is 0 Å². The molecule has 1 nitrogen and oxygen atoms in total. The van der Waals surface area contributed by atoms with Crippen molar-refractivity contribution in [3.63, 3.8) is 0 Å². The van der Waals surface area contributed by atoms with Crippen LogP contribution in [0.1, 0.15) is 36.1 Å². The topological polar surface area (TPSA) is 12.4 Å². The van der Waals surface area contributed by atoms with Crippen LogP contribution < -0.4 is 0 Å². The summed E-state index contributed by atoms with van der Waals surface area (Å²) < 4.78 is 0. The van der Waals surface area contributed by atoms with Crippen LogP contribution in [0.2, 0.25) is 0 Å². The monoisotopic (exact) mass is 391 g/mol. The van der Waals surface area contributed by atoms with Crippen molar-refractivity contribution in [3.8, 4) is 0 Å². The van der Waals surface area contributed by atoms with Crippen molar-refractivity contribution in [1.82, 2.24) is 0 Å². The summed E-state index contributed by atoms with van der Waals surface area (Å²) in [6, 6.07) is 16.5. The minimum absolute atomic E-state index is 0.788. The first-order valence-electron chi connectivity index (χ1n) is 9.91. The van der Waals surface area contributed by atoms with Gasteiger partial charge in [-0.2, -0.15) is 0 Å². The first kappa shape index (κ1) is 22.6. The molecule has 0 radical (unpaired) electrons. The summed E-state index contributed by atoms with van der Waals surface area (Å²) in [6.07, 6.45) is 13.8. The highest BCUT2D eigenvalue weighted by atomic mass is 14.7. The van der Waals surface area contributed by atoms with Gasteiger partial charge in [0, 0.05) is 5.56 Å². The smallest absolute Gasteiger partial charge is 0.0700 e. The van der Waals surface area contributed by atoms with E-state index in [1.807, 2.05) is 68.5 Å². The second-order valence-electron chi connectivity index (χ2n) is 6.67. The molecule has 2 rings (SSSR count). The number of benzene rings is 2. The number of allylic oxidation sites excluding steroid dienone is 10. The normalized spacial score (nSPS) is 12.7. The first-order valence-corrected chi connectivity index (χ1v) is 9.91. The molecular weight excluding hydrogens is 362 g/mol. The molecule has 0 atom stereocenters. The molecule has 0 amide bonds. The van der Waals surface area contributed by atoms with Crippen LogP contribution in [0.15, 0.2) is 116 Å². The van der Waals surface area contributed by atoms with E-state index in [0.717, 1.165) is 44.7 Å². The molecule has 0 N–H and O–H groups in total. The van der Waals surface area contributed by atoms with Crippen molar-refractivity contribution in [2.24, 2.45) is 4.99 Å². The SMILES string of the molecule is C=C/C(=C\C=C/C)c1ccc(C(=C)/C=C(\N=C)c2ccc(/C(C=C)=C/C)cc2)cc1. The fourth-order valence-electron chi connectivity index (χ4n) is 3.06. The Bertz CT molecular complexity index is 1040. The van der Waals surface area contributed by atoms with E-state index >= 15 is 0 Å². The molecule has 0 aliphatic rings. The zero-order chi connectivity index (χ0) is 21.9. The van der Waals surface area contributed by atoms with Gasteiger partial charge >= 0.3 is 0 Å². The molecule has 150 valence electrons.